The number of benzene rings is 1. The second-order valence-corrected chi connectivity index (χ2v) is 7.71. The Morgan fingerprint density at radius 2 is 1.82 bits per heavy atom. The van der Waals surface area contributed by atoms with Crippen molar-refractivity contribution >= 4 is 35.0 Å². The lowest BCUT2D eigenvalue weighted by atomic mass is 10.2. The summed E-state index contributed by atoms with van der Waals surface area (Å²) >= 11 is 0. The highest BCUT2D eigenvalue weighted by Crippen LogP contribution is 2.35. The zero-order valence-corrected chi connectivity index (χ0v) is 16.1. The van der Waals surface area contributed by atoms with Gasteiger partial charge >= 0.3 is 0 Å². The van der Waals surface area contributed by atoms with Crippen molar-refractivity contribution in [2.45, 2.75) is 31.7 Å². The van der Waals surface area contributed by atoms with Gasteiger partial charge in [-0.1, -0.05) is 12.8 Å². The van der Waals surface area contributed by atoms with Crippen LogP contribution in [-0.4, -0.2) is 54.9 Å². The molecule has 3 aliphatic rings. The van der Waals surface area contributed by atoms with Crippen molar-refractivity contribution in [1.29, 1.82) is 0 Å². The molecule has 1 aromatic carbocycles. The highest BCUT2D eigenvalue weighted by Gasteiger charge is 2.27. The number of piperazine rings is 1. The molecule has 0 amide bonds. The van der Waals surface area contributed by atoms with E-state index in [9.17, 15) is 0 Å². The number of nitrogens with zero attached hydrogens (tertiary/aromatic N) is 5. The Bertz CT molecular complexity index is 836. The van der Waals surface area contributed by atoms with Crippen LogP contribution in [0.1, 0.15) is 25.7 Å². The van der Waals surface area contributed by atoms with E-state index in [4.69, 9.17) is 4.98 Å². The van der Waals surface area contributed by atoms with Crippen LogP contribution < -0.4 is 20.4 Å². The third-order valence-corrected chi connectivity index (χ3v) is 5.90. The van der Waals surface area contributed by atoms with Crippen LogP contribution in [0.4, 0.5) is 28.8 Å². The van der Waals surface area contributed by atoms with Crippen molar-refractivity contribution in [1.82, 2.24) is 15.3 Å². The summed E-state index contributed by atoms with van der Waals surface area (Å²) in [7, 11) is 0. The number of hydrogen-bond acceptors (Lipinski definition) is 7. The van der Waals surface area contributed by atoms with Crippen molar-refractivity contribution in [3.63, 3.8) is 0 Å². The van der Waals surface area contributed by atoms with Gasteiger partial charge in [0.1, 0.15) is 5.69 Å². The number of rotatable bonds is 4. The minimum Gasteiger partial charge on any atom is -0.369 e. The fourth-order valence-corrected chi connectivity index (χ4v) is 4.39. The Kier molecular flexibility index (Phi) is 4.83. The van der Waals surface area contributed by atoms with Gasteiger partial charge in [0.15, 0.2) is 5.82 Å². The number of aromatic nitrogens is 2. The summed E-state index contributed by atoms with van der Waals surface area (Å²) in [5, 5.41) is 6.76. The fraction of sp³-hybridized carbons (Fsp3) is 0.476. The lowest BCUT2D eigenvalue weighted by molar-refractivity contribution is 0.589. The molecule has 146 valence electrons. The van der Waals surface area contributed by atoms with Gasteiger partial charge in [-0.2, -0.15) is 4.98 Å². The molecule has 7 heteroatoms. The zero-order valence-electron chi connectivity index (χ0n) is 16.1. The molecule has 1 aromatic heterocycles. The average molecular weight is 377 g/mol. The second-order valence-electron chi connectivity index (χ2n) is 7.71. The Balaban J connectivity index is 1.33. The van der Waals surface area contributed by atoms with Gasteiger partial charge in [0, 0.05) is 49.8 Å². The smallest absolute Gasteiger partial charge is 0.229 e. The Labute approximate surface area is 165 Å². The van der Waals surface area contributed by atoms with Crippen LogP contribution in [0.2, 0.25) is 0 Å². The minimum absolute atomic E-state index is 0.576. The first-order valence-electron chi connectivity index (χ1n) is 10.4. The van der Waals surface area contributed by atoms with E-state index in [1.165, 1.54) is 31.4 Å². The molecule has 1 saturated carbocycles. The average Bonchev–Trinajstić information content (AvgIpc) is 3.29. The summed E-state index contributed by atoms with van der Waals surface area (Å²) in [6.45, 7) is 5.04. The van der Waals surface area contributed by atoms with Crippen LogP contribution in [0.15, 0.2) is 35.5 Å². The summed E-state index contributed by atoms with van der Waals surface area (Å²) in [6.07, 6.45) is 8.91. The Morgan fingerprint density at radius 1 is 1.04 bits per heavy atom. The molecule has 0 spiro atoms. The van der Waals surface area contributed by atoms with Crippen LogP contribution >= 0.6 is 0 Å². The molecule has 1 aliphatic carbocycles. The van der Waals surface area contributed by atoms with E-state index in [0.29, 0.717) is 12.0 Å². The monoisotopic (exact) mass is 377 g/mol. The lowest BCUT2D eigenvalue weighted by Crippen LogP contribution is -2.43. The van der Waals surface area contributed by atoms with Gasteiger partial charge in [0.2, 0.25) is 5.95 Å². The van der Waals surface area contributed by atoms with Gasteiger partial charge in [-0.15, -0.1) is 0 Å². The predicted molar refractivity (Wildman–Crippen MR) is 115 cm³/mol. The Morgan fingerprint density at radius 3 is 2.61 bits per heavy atom. The van der Waals surface area contributed by atoms with Crippen LogP contribution in [0.3, 0.4) is 0 Å². The first-order valence-corrected chi connectivity index (χ1v) is 10.4. The molecule has 3 heterocycles. The predicted octanol–water partition coefficient (Wildman–Crippen LogP) is 3.09. The van der Waals surface area contributed by atoms with Gasteiger partial charge in [-0.05, 0) is 37.1 Å². The zero-order chi connectivity index (χ0) is 18.8. The first-order chi connectivity index (χ1) is 13.9. The SMILES string of the molecule is C1=Nc2cnc(Nc3ccc(N4CCNCC4)cc3)nc2N(C2CCCC2)C1. The molecule has 0 unspecified atom stereocenters. The summed E-state index contributed by atoms with van der Waals surface area (Å²) in [5.74, 6) is 1.60. The molecule has 5 rings (SSSR count). The molecule has 7 nitrogen and oxygen atoms in total. The van der Waals surface area contributed by atoms with E-state index in [-0.39, 0.29) is 0 Å². The van der Waals surface area contributed by atoms with E-state index in [1.54, 1.807) is 0 Å². The van der Waals surface area contributed by atoms with Crippen molar-refractivity contribution in [2.24, 2.45) is 4.99 Å². The largest absolute Gasteiger partial charge is 0.369 e. The molecule has 28 heavy (non-hydrogen) atoms. The summed E-state index contributed by atoms with van der Waals surface area (Å²) in [4.78, 5) is 18.6. The maximum absolute atomic E-state index is 4.82. The summed E-state index contributed by atoms with van der Waals surface area (Å²) < 4.78 is 0. The first kappa shape index (κ1) is 17.4. The van der Waals surface area contributed by atoms with Crippen molar-refractivity contribution in [2.75, 3.05) is 47.8 Å². The molecular weight excluding hydrogens is 350 g/mol. The maximum atomic E-state index is 4.82. The third-order valence-electron chi connectivity index (χ3n) is 5.90. The second kappa shape index (κ2) is 7.75. The van der Waals surface area contributed by atoms with E-state index >= 15 is 0 Å². The summed E-state index contributed by atoms with van der Waals surface area (Å²) in [5.41, 5.74) is 3.14. The van der Waals surface area contributed by atoms with Crippen LogP contribution in [0.25, 0.3) is 0 Å². The molecule has 2 aliphatic heterocycles. The maximum Gasteiger partial charge on any atom is 0.229 e. The highest BCUT2D eigenvalue weighted by molar-refractivity contribution is 5.80. The van der Waals surface area contributed by atoms with Gasteiger partial charge in [-0.3, -0.25) is 4.99 Å². The van der Waals surface area contributed by atoms with Crippen LogP contribution in [0, 0.1) is 0 Å². The van der Waals surface area contributed by atoms with Gasteiger partial charge in [0.05, 0.1) is 12.7 Å². The minimum atomic E-state index is 0.576. The van der Waals surface area contributed by atoms with E-state index < -0.39 is 0 Å². The number of hydrogen-bond donors (Lipinski definition) is 2. The fourth-order valence-electron chi connectivity index (χ4n) is 4.39. The molecule has 0 atom stereocenters. The van der Waals surface area contributed by atoms with E-state index in [1.807, 2.05) is 12.4 Å². The topological polar surface area (TPSA) is 68.7 Å². The molecule has 1 saturated heterocycles. The molecule has 0 bridgehead atoms. The lowest BCUT2D eigenvalue weighted by Gasteiger charge is -2.31. The standard InChI is InChI=1S/C21H27N7/c1-2-4-18(3-1)28-14-11-23-19-15-24-21(26-20(19)28)25-16-5-7-17(8-6-16)27-12-9-22-10-13-27/h5-8,11,15,18,22H,1-4,9-10,12-14H2,(H,24,25,26). The normalized spacial score (nSPS) is 19.7. The van der Waals surface area contributed by atoms with Crippen LogP contribution in [-0.2, 0) is 0 Å². The quantitative estimate of drug-likeness (QED) is 0.853. The van der Waals surface area contributed by atoms with Crippen molar-refractivity contribution in [3.05, 3.63) is 30.5 Å². The number of anilines is 4. The molecule has 2 N–H and O–H groups in total. The van der Waals surface area contributed by atoms with Gasteiger partial charge in [-0.25, -0.2) is 4.98 Å². The van der Waals surface area contributed by atoms with Crippen LogP contribution in [0.5, 0.6) is 0 Å². The molecule has 2 aromatic rings. The Hall–Kier alpha value is -2.67. The molecule has 0 radical (unpaired) electrons. The highest BCUT2D eigenvalue weighted by atomic mass is 15.3. The van der Waals surface area contributed by atoms with E-state index in [0.717, 1.165) is 49.9 Å². The molecule has 2 fully saturated rings. The van der Waals surface area contributed by atoms with Crippen molar-refractivity contribution < 1.29 is 0 Å². The number of aliphatic imine (C=N–C) groups is 1. The number of nitrogens with one attached hydrogen (secondary N) is 2. The van der Waals surface area contributed by atoms with E-state index in [2.05, 4.69) is 54.7 Å². The third kappa shape index (κ3) is 3.54. The van der Waals surface area contributed by atoms with Gasteiger partial charge < -0.3 is 20.4 Å². The van der Waals surface area contributed by atoms with Gasteiger partial charge in [0.25, 0.3) is 0 Å². The molecular formula is C21H27N7. The number of fused-ring (bicyclic) bond motifs is 1. The summed E-state index contributed by atoms with van der Waals surface area (Å²) in [6, 6.07) is 9.12. The van der Waals surface area contributed by atoms with Crippen molar-refractivity contribution in [3.8, 4) is 0 Å².